The van der Waals surface area contributed by atoms with Crippen LogP contribution in [0.3, 0.4) is 0 Å². The molecule has 0 saturated heterocycles. The molecule has 2 heterocycles. The Kier molecular flexibility index (Phi) is 4.22. The van der Waals surface area contributed by atoms with Gasteiger partial charge >= 0.3 is 6.18 Å². The van der Waals surface area contributed by atoms with Crippen LogP contribution < -0.4 is 5.32 Å². The van der Waals surface area contributed by atoms with Gasteiger partial charge in [-0.3, -0.25) is 4.98 Å². The molecule has 106 valence electrons. The lowest BCUT2D eigenvalue weighted by Crippen LogP contribution is -2.09. The standard InChI is InChI=1S/C14H14F3N3/c1-2-6-19-13-9-10(14(15,16)17)8-12(20-13)11-5-3-4-7-18-11/h3-5,7-9H,2,6H2,1H3,(H,19,20). The summed E-state index contributed by atoms with van der Waals surface area (Å²) >= 11 is 0. The first-order valence-corrected chi connectivity index (χ1v) is 6.25. The van der Waals surface area contributed by atoms with Crippen LogP contribution in [0.5, 0.6) is 0 Å². The smallest absolute Gasteiger partial charge is 0.370 e. The zero-order valence-corrected chi connectivity index (χ0v) is 10.9. The summed E-state index contributed by atoms with van der Waals surface area (Å²) in [6.45, 7) is 2.50. The molecule has 0 aliphatic carbocycles. The third kappa shape index (κ3) is 3.46. The third-order valence-corrected chi connectivity index (χ3v) is 2.64. The van der Waals surface area contributed by atoms with E-state index in [0.29, 0.717) is 12.2 Å². The van der Waals surface area contributed by atoms with E-state index in [1.165, 1.54) is 6.20 Å². The van der Waals surface area contributed by atoms with Gasteiger partial charge < -0.3 is 5.32 Å². The van der Waals surface area contributed by atoms with Crippen molar-refractivity contribution in [3.63, 3.8) is 0 Å². The lowest BCUT2D eigenvalue weighted by atomic mass is 10.1. The molecule has 6 heteroatoms. The van der Waals surface area contributed by atoms with Gasteiger partial charge in [0.05, 0.1) is 17.0 Å². The first-order chi connectivity index (χ1) is 9.50. The number of pyridine rings is 2. The van der Waals surface area contributed by atoms with Crippen LogP contribution in [0.25, 0.3) is 11.4 Å². The molecule has 0 radical (unpaired) electrons. The van der Waals surface area contributed by atoms with Crippen molar-refractivity contribution in [3.05, 3.63) is 42.1 Å². The minimum atomic E-state index is -4.41. The average molecular weight is 281 g/mol. The minimum absolute atomic E-state index is 0.207. The van der Waals surface area contributed by atoms with Gasteiger partial charge in [0, 0.05) is 12.7 Å². The monoisotopic (exact) mass is 281 g/mol. The zero-order chi connectivity index (χ0) is 14.6. The number of nitrogens with one attached hydrogen (secondary N) is 1. The molecule has 3 nitrogen and oxygen atoms in total. The molecule has 0 aliphatic heterocycles. The Morgan fingerprint density at radius 1 is 1.15 bits per heavy atom. The molecular weight excluding hydrogens is 267 g/mol. The third-order valence-electron chi connectivity index (χ3n) is 2.64. The maximum absolute atomic E-state index is 12.9. The minimum Gasteiger partial charge on any atom is -0.370 e. The molecule has 2 rings (SSSR count). The molecule has 0 spiro atoms. The van der Waals surface area contributed by atoms with Crippen molar-refractivity contribution in [3.8, 4) is 11.4 Å². The van der Waals surface area contributed by atoms with Gasteiger partial charge in [-0.05, 0) is 30.7 Å². The lowest BCUT2D eigenvalue weighted by Gasteiger charge is -2.12. The number of halogens is 3. The molecule has 0 aliphatic rings. The van der Waals surface area contributed by atoms with Gasteiger partial charge in [-0.1, -0.05) is 13.0 Å². The summed E-state index contributed by atoms with van der Waals surface area (Å²) in [5.74, 6) is 0.210. The van der Waals surface area contributed by atoms with Crippen molar-refractivity contribution in [2.24, 2.45) is 0 Å². The van der Waals surface area contributed by atoms with Crippen LogP contribution in [0.1, 0.15) is 18.9 Å². The molecule has 0 atom stereocenters. The highest BCUT2D eigenvalue weighted by Gasteiger charge is 2.31. The second-order valence-corrected chi connectivity index (χ2v) is 4.27. The molecule has 20 heavy (non-hydrogen) atoms. The van der Waals surface area contributed by atoms with Gasteiger partial charge in [-0.15, -0.1) is 0 Å². The Bertz CT molecular complexity index is 568. The second-order valence-electron chi connectivity index (χ2n) is 4.27. The number of rotatable bonds is 4. The lowest BCUT2D eigenvalue weighted by molar-refractivity contribution is -0.137. The van der Waals surface area contributed by atoms with E-state index in [0.717, 1.165) is 18.6 Å². The van der Waals surface area contributed by atoms with E-state index >= 15 is 0 Å². The van der Waals surface area contributed by atoms with Gasteiger partial charge in [-0.2, -0.15) is 13.2 Å². The first kappa shape index (κ1) is 14.3. The summed E-state index contributed by atoms with van der Waals surface area (Å²) < 4.78 is 38.7. The largest absolute Gasteiger partial charge is 0.416 e. The zero-order valence-electron chi connectivity index (χ0n) is 10.9. The van der Waals surface area contributed by atoms with E-state index in [9.17, 15) is 13.2 Å². The molecule has 2 aromatic rings. The fraction of sp³-hybridized carbons (Fsp3) is 0.286. The van der Waals surface area contributed by atoms with Crippen molar-refractivity contribution in [1.82, 2.24) is 9.97 Å². The number of hydrogen-bond donors (Lipinski definition) is 1. The second kappa shape index (κ2) is 5.90. The van der Waals surface area contributed by atoms with Crippen molar-refractivity contribution < 1.29 is 13.2 Å². The van der Waals surface area contributed by atoms with E-state index in [-0.39, 0.29) is 11.5 Å². The molecule has 1 N–H and O–H groups in total. The summed E-state index contributed by atoms with van der Waals surface area (Å²) in [4.78, 5) is 8.22. The quantitative estimate of drug-likeness (QED) is 0.921. The summed E-state index contributed by atoms with van der Waals surface area (Å²) in [7, 11) is 0. The van der Waals surface area contributed by atoms with Crippen LogP contribution in [0.4, 0.5) is 19.0 Å². The van der Waals surface area contributed by atoms with Gasteiger partial charge in [0.25, 0.3) is 0 Å². The molecule has 0 amide bonds. The van der Waals surface area contributed by atoms with Crippen LogP contribution in [-0.4, -0.2) is 16.5 Å². The summed E-state index contributed by atoms with van der Waals surface area (Å²) in [5.41, 5.74) is -0.107. The van der Waals surface area contributed by atoms with Gasteiger partial charge in [0.15, 0.2) is 0 Å². The topological polar surface area (TPSA) is 37.8 Å². The number of alkyl halides is 3. The fourth-order valence-corrected chi connectivity index (χ4v) is 1.68. The highest BCUT2D eigenvalue weighted by molar-refractivity contribution is 5.59. The van der Waals surface area contributed by atoms with E-state index < -0.39 is 11.7 Å². The van der Waals surface area contributed by atoms with Crippen LogP contribution >= 0.6 is 0 Å². The van der Waals surface area contributed by atoms with Crippen LogP contribution in [-0.2, 0) is 6.18 Å². The van der Waals surface area contributed by atoms with E-state index in [1.54, 1.807) is 18.2 Å². The summed E-state index contributed by atoms with van der Waals surface area (Å²) in [6.07, 6.45) is -2.08. The van der Waals surface area contributed by atoms with Gasteiger partial charge in [-0.25, -0.2) is 4.98 Å². The van der Waals surface area contributed by atoms with Gasteiger partial charge in [0.2, 0.25) is 0 Å². The molecule has 2 aromatic heterocycles. The Morgan fingerprint density at radius 3 is 2.55 bits per heavy atom. The fourth-order valence-electron chi connectivity index (χ4n) is 1.68. The first-order valence-electron chi connectivity index (χ1n) is 6.25. The van der Waals surface area contributed by atoms with Crippen molar-refractivity contribution in [2.75, 3.05) is 11.9 Å². The molecule has 0 bridgehead atoms. The number of nitrogens with zero attached hydrogens (tertiary/aromatic N) is 2. The Hall–Kier alpha value is -2.11. The van der Waals surface area contributed by atoms with Gasteiger partial charge in [0.1, 0.15) is 5.82 Å². The molecule has 0 unspecified atom stereocenters. The van der Waals surface area contributed by atoms with Crippen LogP contribution in [0.15, 0.2) is 36.5 Å². The van der Waals surface area contributed by atoms with Crippen LogP contribution in [0, 0.1) is 0 Å². The SMILES string of the molecule is CCCNc1cc(C(F)(F)F)cc(-c2ccccn2)n1. The molecule has 0 fully saturated rings. The highest BCUT2D eigenvalue weighted by atomic mass is 19.4. The maximum Gasteiger partial charge on any atom is 0.416 e. The van der Waals surface area contributed by atoms with Crippen molar-refractivity contribution in [1.29, 1.82) is 0 Å². The Balaban J connectivity index is 2.46. The van der Waals surface area contributed by atoms with E-state index in [4.69, 9.17) is 0 Å². The predicted octanol–water partition coefficient (Wildman–Crippen LogP) is 3.98. The van der Waals surface area contributed by atoms with E-state index in [2.05, 4.69) is 15.3 Å². The van der Waals surface area contributed by atoms with Crippen LogP contribution in [0.2, 0.25) is 0 Å². The molecule has 0 saturated carbocycles. The number of anilines is 1. The Labute approximate surface area is 114 Å². The molecule has 0 aromatic carbocycles. The predicted molar refractivity (Wildman–Crippen MR) is 71.3 cm³/mol. The Morgan fingerprint density at radius 2 is 1.95 bits per heavy atom. The summed E-state index contributed by atoms with van der Waals surface area (Å²) in [6, 6.07) is 7.07. The average Bonchev–Trinajstić information content (AvgIpc) is 2.45. The summed E-state index contributed by atoms with van der Waals surface area (Å²) in [5, 5.41) is 2.88. The number of hydrogen-bond acceptors (Lipinski definition) is 3. The molecular formula is C14H14F3N3. The number of aromatic nitrogens is 2. The van der Waals surface area contributed by atoms with Crippen molar-refractivity contribution >= 4 is 5.82 Å². The normalized spacial score (nSPS) is 11.4. The van der Waals surface area contributed by atoms with E-state index in [1.807, 2.05) is 6.92 Å². The highest BCUT2D eigenvalue weighted by Crippen LogP contribution is 2.32. The van der Waals surface area contributed by atoms with Crippen molar-refractivity contribution in [2.45, 2.75) is 19.5 Å². The maximum atomic E-state index is 12.9.